The van der Waals surface area contributed by atoms with Crippen molar-refractivity contribution in [1.29, 1.82) is 0 Å². The number of fused-ring (bicyclic) bond motifs is 2. The highest BCUT2D eigenvalue weighted by Crippen LogP contribution is 2.48. The Bertz CT molecular complexity index is 1740. The number of hydrogen-bond acceptors (Lipinski definition) is 10. The number of allylic oxidation sites excluding steroid dienone is 1. The van der Waals surface area contributed by atoms with Crippen molar-refractivity contribution in [2.45, 2.75) is 75.8 Å². The zero-order chi connectivity index (χ0) is 36.5. The van der Waals surface area contributed by atoms with Crippen LogP contribution in [0.4, 0.5) is 0 Å². The standard InChI is InChI=1S/C38H45Cl2N5O6S/c1-50-37(48)33-27(10-11-29-41-12-18-52-29)42-28(34(38(49)51-2)35(33)32-25(39)5-3-6-26(32)40)21-31(47)44-16-14-43(15-17-44)24-19-22-8-9-23(20-24)36(22)45-13-4-7-30(45)46/h3,5-6,12,18,22-24,35-36,42H,4,7-11,13-17,19-21H2,1-2H3. The average Bonchev–Trinajstić information content (AvgIpc) is 3.88. The molecule has 278 valence electrons. The van der Waals surface area contributed by atoms with Gasteiger partial charge in [0.15, 0.2) is 0 Å². The Kier molecular flexibility index (Phi) is 11.3. The van der Waals surface area contributed by atoms with Gasteiger partial charge in [0.2, 0.25) is 11.8 Å². The first-order valence-electron chi connectivity index (χ1n) is 18.2. The third-order valence-corrected chi connectivity index (χ3v) is 13.2. The van der Waals surface area contributed by atoms with Crippen molar-refractivity contribution >= 4 is 58.3 Å². The first kappa shape index (κ1) is 36.9. The fourth-order valence-electron chi connectivity index (χ4n) is 9.39. The molecule has 1 N–H and O–H groups in total. The lowest BCUT2D eigenvalue weighted by Gasteiger charge is -2.46. The number of hydrogen-bond donors (Lipinski definition) is 1. The van der Waals surface area contributed by atoms with Crippen molar-refractivity contribution in [3.63, 3.8) is 0 Å². The van der Waals surface area contributed by atoms with Crippen LogP contribution >= 0.6 is 34.5 Å². The van der Waals surface area contributed by atoms with Crippen LogP contribution in [0.25, 0.3) is 0 Å². The molecule has 4 heterocycles. The minimum Gasteiger partial charge on any atom is -0.466 e. The summed E-state index contributed by atoms with van der Waals surface area (Å²) in [5.41, 5.74) is 1.47. The Balaban J connectivity index is 1.11. The van der Waals surface area contributed by atoms with Gasteiger partial charge in [0.25, 0.3) is 0 Å². The van der Waals surface area contributed by atoms with Crippen LogP contribution in [-0.4, -0.2) is 102 Å². The van der Waals surface area contributed by atoms with E-state index in [1.807, 2.05) is 10.3 Å². The summed E-state index contributed by atoms with van der Waals surface area (Å²) in [7, 11) is 2.55. The number of halogens is 2. The van der Waals surface area contributed by atoms with Crippen LogP contribution in [0.5, 0.6) is 0 Å². The summed E-state index contributed by atoms with van der Waals surface area (Å²) in [5, 5.41) is 6.60. The number of likely N-dealkylation sites (tertiary alicyclic amines) is 1. The van der Waals surface area contributed by atoms with Crippen molar-refractivity contribution < 1.29 is 28.7 Å². The lowest BCUT2D eigenvalue weighted by Crippen LogP contribution is -2.56. The number of rotatable bonds is 10. The Morgan fingerprint density at radius 2 is 1.58 bits per heavy atom. The summed E-state index contributed by atoms with van der Waals surface area (Å²) in [4.78, 5) is 65.0. The molecule has 2 saturated heterocycles. The second kappa shape index (κ2) is 15.9. The lowest BCUT2D eigenvalue weighted by atomic mass is 9.78. The topological polar surface area (TPSA) is 121 Å². The number of dihydropyridines is 1. The molecule has 14 heteroatoms. The summed E-state index contributed by atoms with van der Waals surface area (Å²) in [6.45, 7) is 3.58. The number of piperazine rings is 1. The van der Waals surface area contributed by atoms with Crippen LogP contribution in [-0.2, 0) is 35.1 Å². The van der Waals surface area contributed by atoms with Crippen LogP contribution in [0.1, 0.15) is 67.9 Å². The third-order valence-electron chi connectivity index (χ3n) is 11.7. The highest BCUT2D eigenvalue weighted by molar-refractivity contribution is 7.09. The van der Waals surface area contributed by atoms with E-state index in [-0.39, 0.29) is 33.5 Å². The summed E-state index contributed by atoms with van der Waals surface area (Å²) >= 11 is 15.0. The number of nitrogens with one attached hydrogen (secondary N) is 1. The van der Waals surface area contributed by atoms with Crippen LogP contribution in [0, 0.1) is 11.8 Å². The molecule has 2 saturated carbocycles. The minimum absolute atomic E-state index is 0.0894. The van der Waals surface area contributed by atoms with Gasteiger partial charge in [0, 0.05) is 96.2 Å². The second-order valence-electron chi connectivity index (χ2n) is 14.4. The van der Waals surface area contributed by atoms with Crippen molar-refractivity contribution in [3.05, 3.63) is 72.9 Å². The zero-order valence-electron chi connectivity index (χ0n) is 29.6. The molecule has 52 heavy (non-hydrogen) atoms. The third kappa shape index (κ3) is 7.23. The number of ether oxygens (including phenoxy) is 2. The van der Waals surface area contributed by atoms with E-state index in [4.69, 9.17) is 32.7 Å². The molecule has 5 aliphatic rings. The number of amides is 2. The summed E-state index contributed by atoms with van der Waals surface area (Å²) in [6, 6.07) is 5.85. The molecule has 2 bridgehead atoms. The van der Waals surface area contributed by atoms with E-state index in [2.05, 4.69) is 20.1 Å². The van der Waals surface area contributed by atoms with Crippen LogP contribution in [0.3, 0.4) is 0 Å². The van der Waals surface area contributed by atoms with Gasteiger partial charge >= 0.3 is 11.9 Å². The Morgan fingerprint density at radius 1 is 0.923 bits per heavy atom. The molecule has 2 aromatic rings. The van der Waals surface area contributed by atoms with Gasteiger partial charge < -0.3 is 24.6 Å². The van der Waals surface area contributed by atoms with Crippen LogP contribution in [0.15, 0.2) is 52.3 Å². The van der Waals surface area contributed by atoms with E-state index in [0.29, 0.717) is 79.1 Å². The van der Waals surface area contributed by atoms with E-state index in [0.717, 1.165) is 43.9 Å². The van der Waals surface area contributed by atoms with E-state index < -0.39 is 17.9 Å². The molecular weight excluding hydrogens is 725 g/mol. The lowest BCUT2D eigenvalue weighted by molar-refractivity contribution is -0.137. The number of benzene rings is 1. The quantitative estimate of drug-likeness (QED) is 0.320. The molecule has 0 spiro atoms. The number of aromatic nitrogens is 1. The molecule has 3 aliphatic heterocycles. The highest BCUT2D eigenvalue weighted by atomic mass is 35.5. The van der Waals surface area contributed by atoms with Gasteiger partial charge in [0.05, 0.1) is 42.7 Å². The molecule has 3 unspecified atom stereocenters. The molecule has 2 aliphatic carbocycles. The first-order chi connectivity index (χ1) is 25.2. The van der Waals surface area contributed by atoms with Gasteiger partial charge in [-0.05, 0) is 62.5 Å². The Labute approximate surface area is 318 Å². The average molecular weight is 771 g/mol. The summed E-state index contributed by atoms with van der Waals surface area (Å²) in [5.74, 6) is -1.10. The number of methoxy groups -OCH3 is 2. The van der Waals surface area contributed by atoms with Gasteiger partial charge in [-0.25, -0.2) is 14.6 Å². The number of carbonyl (C=O) groups excluding carboxylic acids is 4. The van der Waals surface area contributed by atoms with E-state index >= 15 is 0 Å². The normalized spacial score (nSPS) is 26.5. The maximum absolute atomic E-state index is 14.1. The molecule has 11 nitrogen and oxygen atoms in total. The Morgan fingerprint density at radius 3 is 2.15 bits per heavy atom. The molecule has 0 radical (unpaired) electrons. The fraction of sp³-hybridized carbons (Fsp3) is 0.553. The number of aryl methyl sites for hydroxylation is 1. The molecule has 3 atom stereocenters. The van der Waals surface area contributed by atoms with E-state index in [1.54, 1.807) is 24.4 Å². The molecule has 7 rings (SSSR count). The summed E-state index contributed by atoms with van der Waals surface area (Å²) < 4.78 is 10.6. The van der Waals surface area contributed by atoms with Gasteiger partial charge in [-0.2, -0.15) is 0 Å². The maximum Gasteiger partial charge on any atom is 0.336 e. The van der Waals surface area contributed by atoms with Crippen molar-refractivity contribution in [2.24, 2.45) is 11.8 Å². The minimum atomic E-state index is -1.05. The number of thiazole rings is 1. The van der Waals surface area contributed by atoms with Gasteiger partial charge in [-0.3, -0.25) is 14.5 Å². The number of nitrogens with zero attached hydrogens (tertiary/aromatic N) is 4. The zero-order valence-corrected chi connectivity index (χ0v) is 31.9. The molecule has 4 fully saturated rings. The van der Waals surface area contributed by atoms with E-state index in [1.165, 1.54) is 38.4 Å². The highest BCUT2D eigenvalue weighted by Gasteiger charge is 2.49. The fourth-order valence-corrected chi connectivity index (χ4v) is 10.6. The number of carbonyl (C=O) groups is 4. The monoisotopic (exact) mass is 769 g/mol. The molecule has 2 amide bonds. The smallest absolute Gasteiger partial charge is 0.336 e. The predicted octanol–water partition coefficient (Wildman–Crippen LogP) is 5.34. The summed E-state index contributed by atoms with van der Waals surface area (Å²) in [6.07, 6.45) is 8.73. The molecule has 1 aromatic carbocycles. The maximum atomic E-state index is 14.1. The van der Waals surface area contributed by atoms with Crippen molar-refractivity contribution in [2.75, 3.05) is 46.9 Å². The SMILES string of the molecule is COC(=O)C1=C(CCc2nccs2)NC(CC(=O)N2CCN(C3CC4CCC(C3)C4N3CCCC3=O)CC2)=C(C(=O)OC)C1c1c(Cl)cccc1Cl. The number of esters is 2. The van der Waals surface area contributed by atoms with Crippen molar-refractivity contribution in [1.82, 2.24) is 25.0 Å². The van der Waals surface area contributed by atoms with Gasteiger partial charge in [0.1, 0.15) is 0 Å². The largest absolute Gasteiger partial charge is 0.466 e. The molecular formula is C38H45Cl2N5O6S. The van der Waals surface area contributed by atoms with Crippen molar-refractivity contribution in [3.8, 4) is 0 Å². The second-order valence-corrected chi connectivity index (χ2v) is 16.2. The van der Waals surface area contributed by atoms with Gasteiger partial charge in [-0.15, -0.1) is 11.3 Å². The van der Waals surface area contributed by atoms with Gasteiger partial charge in [-0.1, -0.05) is 29.3 Å². The first-order valence-corrected chi connectivity index (χ1v) is 19.8. The molecule has 1 aromatic heterocycles. The van der Waals surface area contributed by atoms with Crippen LogP contribution < -0.4 is 5.32 Å². The Hall–Kier alpha value is -3.45. The predicted molar refractivity (Wildman–Crippen MR) is 198 cm³/mol. The van der Waals surface area contributed by atoms with Crippen LogP contribution in [0.2, 0.25) is 10.0 Å². The van der Waals surface area contributed by atoms with E-state index in [9.17, 15) is 19.2 Å².